The van der Waals surface area contributed by atoms with E-state index in [1.54, 1.807) is 6.08 Å². The second-order valence-corrected chi connectivity index (χ2v) is 16.5. The van der Waals surface area contributed by atoms with Gasteiger partial charge in [0.15, 0.2) is 12.6 Å². The van der Waals surface area contributed by atoms with Crippen LogP contribution in [-0.2, 0) is 23.7 Å². The predicted octanol–water partition coefficient (Wildman–Crippen LogP) is 4.43. The second kappa shape index (κ2) is 32.4. The van der Waals surface area contributed by atoms with Gasteiger partial charge in [-0.25, -0.2) is 0 Å². The lowest BCUT2D eigenvalue weighted by Gasteiger charge is -2.46. The fraction of sp³-hybridized carbons (Fsp3) is 0.932. The maximum atomic E-state index is 13.0. The molecule has 1 amide bonds. The molecule has 0 bridgehead atoms. The number of nitrogens with one attached hydrogen (secondary N) is 1. The van der Waals surface area contributed by atoms with Gasteiger partial charge in [0.2, 0.25) is 5.91 Å². The van der Waals surface area contributed by atoms with Gasteiger partial charge < -0.3 is 65.1 Å². The van der Waals surface area contributed by atoms with Gasteiger partial charge in [0.1, 0.15) is 48.8 Å². The molecule has 2 aliphatic heterocycles. The molecule has 14 nitrogen and oxygen atoms in total. The minimum Gasteiger partial charge on any atom is -0.394 e. The Morgan fingerprint density at radius 1 is 0.603 bits per heavy atom. The van der Waals surface area contributed by atoms with E-state index in [2.05, 4.69) is 19.2 Å². The number of aliphatic hydroxyl groups is 8. The van der Waals surface area contributed by atoms with E-state index in [0.29, 0.717) is 6.42 Å². The van der Waals surface area contributed by atoms with Crippen LogP contribution >= 0.6 is 0 Å². The van der Waals surface area contributed by atoms with Crippen molar-refractivity contribution in [2.24, 2.45) is 0 Å². The van der Waals surface area contributed by atoms with Crippen molar-refractivity contribution in [1.82, 2.24) is 5.32 Å². The molecular weight excluding hydrogens is 750 g/mol. The topological polar surface area (TPSA) is 228 Å². The SMILES string of the molecule is CCCCCCCCCCCCCCC/C=C/[C@@H](O)[C@H](CO[C@@H]1O[C@H](CO)[C@@H](O[C@@H]2O[C@H](CO)[C@H](O)C(O)C2O)C(O)C1O)NC(=O)CCCCCCCCCCC. The zero-order valence-corrected chi connectivity index (χ0v) is 35.8. The van der Waals surface area contributed by atoms with Crippen molar-refractivity contribution in [2.45, 2.75) is 242 Å². The minimum atomic E-state index is -1.78. The molecule has 0 aromatic heterocycles. The molecule has 0 aromatic carbocycles. The first-order valence-corrected chi connectivity index (χ1v) is 22.9. The third kappa shape index (κ3) is 20.5. The molecule has 2 aliphatic rings. The van der Waals surface area contributed by atoms with Crippen LogP contribution in [0, 0.1) is 0 Å². The Labute approximate surface area is 348 Å². The van der Waals surface area contributed by atoms with Crippen LogP contribution in [0.5, 0.6) is 0 Å². The molecule has 342 valence electrons. The first-order chi connectivity index (χ1) is 28.1. The molecule has 58 heavy (non-hydrogen) atoms. The largest absolute Gasteiger partial charge is 0.394 e. The predicted molar refractivity (Wildman–Crippen MR) is 222 cm³/mol. The van der Waals surface area contributed by atoms with E-state index in [1.165, 1.54) is 103 Å². The summed E-state index contributed by atoms with van der Waals surface area (Å²) >= 11 is 0. The first-order valence-electron chi connectivity index (χ1n) is 22.9. The first kappa shape index (κ1) is 52.9. The second-order valence-electron chi connectivity index (χ2n) is 16.5. The Kier molecular flexibility index (Phi) is 29.6. The van der Waals surface area contributed by atoms with Crippen LogP contribution in [0.2, 0.25) is 0 Å². The summed E-state index contributed by atoms with van der Waals surface area (Å²) < 4.78 is 22.6. The molecule has 12 atom stereocenters. The number of amides is 1. The molecule has 0 spiro atoms. The lowest BCUT2D eigenvalue weighted by Crippen LogP contribution is -2.65. The van der Waals surface area contributed by atoms with E-state index in [0.717, 1.165) is 38.5 Å². The van der Waals surface area contributed by atoms with Crippen LogP contribution in [0.4, 0.5) is 0 Å². The van der Waals surface area contributed by atoms with Gasteiger partial charge in [-0.1, -0.05) is 154 Å². The van der Waals surface area contributed by atoms with Gasteiger partial charge in [-0.15, -0.1) is 0 Å². The number of aliphatic hydroxyl groups excluding tert-OH is 8. The number of unbranched alkanes of at least 4 members (excludes halogenated alkanes) is 21. The van der Waals surface area contributed by atoms with Crippen LogP contribution in [0.1, 0.15) is 168 Å². The van der Waals surface area contributed by atoms with Crippen LogP contribution in [0.15, 0.2) is 12.2 Å². The monoisotopic (exact) mass is 834 g/mol. The van der Waals surface area contributed by atoms with Crippen molar-refractivity contribution in [1.29, 1.82) is 0 Å². The van der Waals surface area contributed by atoms with E-state index < -0.39 is 86.8 Å². The van der Waals surface area contributed by atoms with Gasteiger partial charge in [0.25, 0.3) is 0 Å². The summed E-state index contributed by atoms with van der Waals surface area (Å²) in [4.78, 5) is 13.0. The third-order valence-electron chi connectivity index (χ3n) is 11.5. The van der Waals surface area contributed by atoms with Crippen molar-refractivity contribution in [3.05, 3.63) is 12.2 Å². The number of hydrogen-bond donors (Lipinski definition) is 9. The Morgan fingerprint density at radius 2 is 1.07 bits per heavy atom. The number of ether oxygens (including phenoxy) is 4. The number of hydrogen-bond acceptors (Lipinski definition) is 13. The van der Waals surface area contributed by atoms with E-state index in [-0.39, 0.29) is 18.9 Å². The van der Waals surface area contributed by atoms with Crippen molar-refractivity contribution < 1.29 is 64.6 Å². The van der Waals surface area contributed by atoms with Gasteiger partial charge in [-0.3, -0.25) is 4.79 Å². The zero-order chi connectivity index (χ0) is 42.5. The van der Waals surface area contributed by atoms with E-state index >= 15 is 0 Å². The minimum absolute atomic E-state index is 0.244. The summed E-state index contributed by atoms with van der Waals surface area (Å²) in [5.74, 6) is -0.244. The fourth-order valence-corrected chi connectivity index (χ4v) is 7.64. The lowest BCUT2D eigenvalue weighted by atomic mass is 9.97. The highest BCUT2D eigenvalue weighted by atomic mass is 16.7. The van der Waals surface area contributed by atoms with E-state index in [9.17, 15) is 45.6 Å². The summed E-state index contributed by atoms with van der Waals surface area (Å²) in [6.07, 6.45) is 14.1. The molecule has 0 radical (unpaired) electrons. The summed E-state index contributed by atoms with van der Waals surface area (Å²) in [6, 6.07) is -0.905. The van der Waals surface area contributed by atoms with E-state index in [4.69, 9.17) is 18.9 Å². The third-order valence-corrected chi connectivity index (χ3v) is 11.5. The van der Waals surface area contributed by atoms with Crippen molar-refractivity contribution in [3.8, 4) is 0 Å². The van der Waals surface area contributed by atoms with Crippen molar-refractivity contribution in [3.63, 3.8) is 0 Å². The molecule has 0 aromatic rings. The average molecular weight is 834 g/mol. The normalized spacial score (nSPS) is 28.9. The molecule has 2 heterocycles. The molecule has 2 fully saturated rings. The maximum absolute atomic E-state index is 13.0. The van der Waals surface area contributed by atoms with Gasteiger partial charge >= 0.3 is 0 Å². The maximum Gasteiger partial charge on any atom is 0.220 e. The summed E-state index contributed by atoms with van der Waals surface area (Å²) in [6.45, 7) is 2.74. The Hall–Kier alpha value is -1.27. The molecule has 0 saturated carbocycles. The van der Waals surface area contributed by atoms with Crippen molar-refractivity contribution in [2.75, 3.05) is 19.8 Å². The Morgan fingerprint density at radius 3 is 1.59 bits per heavy atom. The van der Waals surface area contributed by atoms with Gasteiger partial charge in [0.05, 0.1) is 32.0 Å². The average Bonchev–Trinajstić information content (AvgIpc) is 3.22. The molecule has 9 N–H and O–H groups in total. The van der Waals surface area contributed by atoms with Gasteiger partial charge in [-0.2, -0.15) is 0 Å². The Balaban J connectivity index is 1.90. The quantitative estimate of drug-likeness (QED) is 0.0324. The van der Waals surface area contributed by atoms with Gasteiger partial charge in [-0.05, 0) is 19.3 Å². The lowest BCUT2D eigenvalue weighted by molar-refractivity contribution is -0.359. The summed E-state index contributed by atoms with van der Waals surface area (Å²) in [5, 5.41) is 86.3. The summed E-state index contributed by atoms with van der Waals surface area (Å²) in [5.41, 5.74) is 0. The fourth-order valence-electron chi connectivity index (χ4n) is 7.64. The molecular formula is C44H83NO13. The standard InChI is InChI=1S/C44H83NO13/c1-3-5-7-9-11-13-14-15-16-17-18-20-21-23-25-27-33(48)32(45-36(49)28-26-24-22-19-12-10-8-6-4-2)31-55-43-41(54)39(52)42(35(30-47)57-43)58-44-40(53)38(51)37(50)34(29-46)56-44/h25,27,32-35,37-44,46-48,50-54H,3-24,26,28-31H2,1-2H3,(H,45,49)/b27-25+/t32-,33+,34+,35+,37-,38?,39?,40?,41?,42+,43+,44-/m0/s1. The van der Waals surface area contributed by atoms with Crippen LogP contribution in [0.3, 0.4) is 0 Å². The van der Waals surface area contributed by atoms with Gasteiger partial charge in [0, 0.05) is 6.42 Å². The highest BCUT2D eigenvalue weighted by molar-refractivity contribution is 5.76. The highest BCUT2D eigenvalue weighted by Gasteiger charge is 2.50. The van der Waals surface area contributed by atoms with Crippen LogP contribution in [-0.4, -0.2) is 140 Å². The number of carbonyl (C=O) groups is 1. The molecule has 14 heteroatoms. The van der Waals surface area contributed by atoms with Crippen molar-refractivity contribution >= 4 is 5.91 Å². The Bertz CT molecular complexity index is 1040. The molecule has 0 aliphatic carbocycles. The van der Waals surface area contributed by atoms with Crippen LogP contribution < -0.4 is 5.32 Å². The number of rotatable bonds is 34. The number of allylic oxidation sites excluding steroid dienone is 1. The van der Waals surface area contributed by atoms with Crippen LogP contribution in [0.25, 0.3) is 0 Å². The summed E-state index contributed by atoms with van der Waals surface area (Å²) in [7, 11) is 0. The number of carbonyl (C=O) groups excluding carboxylic acids is 1. The molecule has 4 unspecified atom stereocenters. The molecule has 2 saturated heterocycles. The zero-order valence-electron chi connectivity index (χ0n) is 35.8. The van der Waals surface area contributed by atoms with E-state index in [1.807, 2.05) is 6.08 Å². The molecule has 2 rings (SSSR count). The smallest absolute Gasteiger partial charge is 0.220 e. The highest BCUT2D eigenvalue weighted by Crippen LogP contribution is 2.30.